The number of carbonyl (C=O) groups excluding carboxylic acids is 1. The van der Waals surface area contributed by atoms with Gasteiger partial charge < -0.3 is 9.80 Å². The lowest BCUT2D eigenvalue weighted by atomic mass is 10.2. The molecule has 0 aliphatic carbocycles. The van der Waals surface area contributed by atoms with Crippen molar-refractivity contribution in [1.29, 1.82) is 0 Å². The summed E-state index contributed by atoms with van der Waals surface area (Å²) in [5, 5.41) is 4.36. The van der Waals surface area contributed by atoms with Crippen molar-refractivity contribution in [3.05, 3.63) is 80.3 Å². The van der Waals surface area contributed by atoms with Crippen LogP contribution in [-0.2, 0) is 6.18 Å². The lowest BCUT2D eigenvalue weighted by Crippen LogP contribution is -2.49. The number of rotatable bonds is 3. The number of aromatic nitrogens is 3. The second-order valence-electron chi connectivity index (χ2n) is 7.25. The van der Waals surface area contributed by atoms with E-state index in [2.05, 4.69) is 10.1 Å². The standard InChI is InChI=1S/C21H16Cl2F3N5O2/c22-15-3-1-2-13(10-15)19(32)30-8-6-29(7-9-30)16-12-28-31(20(33)18(16)23)17-5-4-14(11-27-17)21(24,25)26/h1-5,10-12H,6-9H2. The molecule has 33 heavy (non-hydrogen) atoms. The first-order chi connectivity index (χ1) is 15.6. The maximum Gasteiger partial charge on any atom is 0.417 e. The van der Waals surface area contributed by atoms with Gasteiger partial charge in [-0.05, 0) is 30.3 Å². The van der Waals surface area contributed by atoms with Gasteiger partial charge in [-0.2, -0.15) is 23.0 Å². The highest BCUT2D eigenvalue weighted by Gasteiger charge is 2.31. The van der Waals surface area contributed by atoms with Gasteiger partial charge in [0.05, 0.1) is 17.4 Å². The number of carbonyl (C=O) groups is 1. The summed E-state index contributed by atoms with van der Waals surface area (Å²) in [6.07, 6.45) is -2.55. The van der Waals surface area contributed by atoms with Gasteiger partial charge in [0.1, 0.15) is 5.02 Å². The molecule has 0 N–H and O–H groups in total. The van der Waals surface area contributed by atoms with Gasteiger partial charge in [0.15, 0.2) is 5.82 Å². The molecule has 172 valence electrons. The Bertz CT molecular complexity index is 1240. The van der Waals surface area contributed by atoms with Crippen LogP contribution in [0.15, 0.2) is 53.6 Å². The number of alkyl halides is 3. The Morgan fingerprint density at radius 1 is 1.00 bits per heavy atom. The Hall–Kier alpha value is -3.11. The van der Waals surface area contributed by atoms with E-state index >= 15 is 0 Å². The van der Waals surface area contributed by atoms with Crippen LogP contribution >= 0.6 is 23.2 Å². The van der Waals surface area contributed by atoms with Crippen molar-refractivity contribution in [2.24, 2.45) is 0 Å². The zero-order chi connectivity index (χ0) is 23.8. The highest BCUT2D eigenvalue weighted by atomic mass is 35.5. The minimum absolute atomic E-state index is 0.0848. The normalized spacial score (nSPS) is 14.5. The third-order valence-corrected chi connectivity index (χ3v) is 5.76. The first-order valence-electron chi connectivity index (χ1n) is 9.76. The minimum atomic E-state index is -4.54. The van der Waals surface area contributed by atoms with Gasteiger partial charge in [0.25, 0.3) is 11.5 Å². The van der Waals surface area contributed by atoms with Crippen LogP contribution in [0.4, 0.5) is 18.9 Å². The molecule has 2 aromatic heterocycles. The summed E-state index contributed by atoms with van der Waals surface area (Å²) in [5.74, 6) is -0.233. The molecular weight excluding hydrogens is 482 g/mol. The number of hydrogen-bond donors (Lipinski definition) is 0. The van der Waals surface area contributed by atoms with E-state index in [1.54, 1.807) is 29.2 Å². The molecule has 0 atom stereocenters. The Balaban J connectivity index is 1.49. The second-order valence-corrected chi connectivity index (χ2v) is 8.07. The second kappa shape index (κ2) is 9.03. The first-order valence-corrected chi connectivity index (χ1v) is 10.5. The summed E-state index contributed by atoms with van der Waals surface area (Å²) in [6.45, 7) is 1.61. The van der Waals surface area contributed by atoms with E-state index < -0.39 is 17.3 Å². The molecule has 0 spiro atoms. The fourth-order valence-electron chi connectivity index (χ4n) is 3.44. The van der Waals surface area contributed by atoms with Crippen molar-refractivity contribution in [2.75, 3.05) is 31.1 Å². The summed E-state index contributed by atoms with van der Waals surface area (Å²) in [6, 6.07) is 8.55. The van der Waals surface area contributed by atoms with Crippen molar-refractivity contribution >= 4 is 34.8 Å². The van der Waals surface area contributed by atoms with Crippen LogP contribution in [0.25, 0.3) is 5.82 Å². The lowest BCUT2D eigenvalue weighted by molar-refractivity contribution is -0.137. The van der Waals surface area contributed by atoms with Crippen LogP contribution in [0, 0.1) is 0 Å². The predicted octanol–water partition coefficient (Wildman–Crippen LogP) is 3.92. The fourth-order valence-corrected chi connectivity index (χ4v) is 3.88. The van der Waals surface area contributed by atoms with Crippen LogP contribution < -0.4 is 10.5 Å². The van der Waals surface area contributed by atoms with Crippen molar-refractivity contribution in [3.8, 4) is 5.82 Å². The third kappa shape index (κ3) is 4.81. The average molecular weight is 498 g/mol. The molecule has 0 radical (unpaired) electrons. The van der Waals surface area contributed by atoms with Gasteiger partial charge in [-0.15, -0.1) is 0 Å². The molecule has 7 nitrogen and oxygen atoms in total. The third-order valence-electron chi connectivity index (χ3n) is 5.17. The van der Waals surface area contributed by atoms with E-state index in [1.807, 2.05) is 4.90 Å². The van der Waals surface area contributed by atoms with E-state index in [-0.39, 0.29) is 16.7 Å². The molecule has 0 bridgehead atoms. The van der Waals surface area contributed by atoms with Crippen molar-refractivity contribution < 1.29 is 18.0 Å². The summed E-state index contributed by atoms with van der Waals surface area (Å²) in [7, 11) is 0. The van der Waals surface area contributed by atoms with Gasteiger partial charge in [-0.25, -0.2) is 4.98 Å². The van der Waals surface area contributed by atoms with Gasteiger partial charge in [-0.3, -0.25) is 9.59 Å². The number of nitrogens with zero attached hydrogens (tertiary/aromatic N) is 5. The topological polar surface area (TPSA) is 71.3 Å². The summed E-state index contributed by atoms with van der Waals surface area (Å²) < 4.78 is 39.0. The molecule has 4 rings (SSSR count). The van der Waals surface area contributed by atoms with E-state index in [0.29, 0.717) is 48.6 Å². The molecule has 1 saturated heterocycles. The largest absolute Gasteiger partial charge is 0.417 e. The minimum Gasteiger partial charge on any atom is -0.365 e. The SMILES string of the molecule is O=C(c1cccc(Cl)c1)N1CCN(c2cnn(-c3ccc(C(F)(F)F)cn3)c(=O)c2Cl)CC1. The molecule has 3 heterocycles. The first kappa shape index (κ1) is 23.1. The number of amides is 1. The molecule has 0 unspecified atom stereocenters. The van der Waals surface area contributed by atoms with Crippen molar-refractivity contribution in [3.63, 3.8) is 0 Å². The Morgan fingerprint density at radius 3 is 2.33 bits per heavy atom. The van der Waals surface area contributed by atoms with Crippen molar-refractivity contribution in [1.82, 2.24) is 19.7 Å². The summed E-state index contributed by atoms with van der Waals surface area (Å²) in [4.78, 5) is 32.6. The molecule has 1 amide bonds. The van der Waals surface area contributed by atoms with Crippen LogP contribution in [0.1, 0.15) is 15.9 Å². The number of hydrogen-bond acceptors (Lipinski definition) is 5. The number of anilines is 1. The quantitative estimate of drug-likeness (QED) is 0.548. The molecule has 12 heteroatoms. The number of piperazine rings is 1. The smallest absolute Gasteiger partial charge is 0.365 e. The van der Waals surface area contributed by atoms with Crippen LogP contribution in [0.2, 0.25) is 10.0 Å². The molecular formula is C21H16Cl2F3N5O2. The maximum absolute atomic E-state index is 12.7. The highest BCUT2D eigenvalue weighted by molar-refractivity contribution is 6.33. The summed E-state index contributed by atoms with van der Waals surface area (Å²) >= 11 is 12.2. The Morgan fingerprint density at radius 2 is 1.73 bits per heavy atom. The van der Waals surface area contributed by atoms with Gasteiger partial charge in [0, 0.05) is 43.0 Å². The van der Waals surface area contributed by atoms with E-state index in [0.717, 1.165) is 16.8 Å². The van der Waals surface area contributed by atoms with Gasteiger partial charge in [-0.1, -0.05) is 29.3 Å². The summed E-state index contributed by atoms with van der Waals surface area (Å²) in [5.41, 5.74) is -0.784. The number of halogens is 5. The highest BCUT2D eigenvalue weighted by Crippen LogP contribution is 2.29. The van der Waals surface area contributed by atoms with E-state index in [1.165, 1.54) is 6.20 Å². The van der Waals surface area contributed by atoms with Gasteiger partial charge >= 0.3 is 6.18 Å². The molecule has 0 saturated carbocycles. The predicted molar refractivity (Wildman–Crippen MR) is 117 cm³/mol. The average Bonchev–Trinajstić information content (AvgIpc) is 2.80. The van der Waals surface area contributed by atoms with Gasteiger partial charge in [0.2, 0.25) is 0 Å². The molecule has 1 fully saturated rings. The fraction of sp³-hybridized carbons (Fsp3) is 0.238. The molecule has 1 aromatic carbocycles. The zero-order valence-electron chi connectivity index (χ0n) is 16.9. The Kier molecular flexibility index (Phi) is 6.31. The van der Waals surface area contributed by atoms with Crippen LogP contribution in [0.3, 0.4) is 0 Å². The maximum atomic E-state index is 12.7. The number of benzene rings is 1. The molecule has 1 aliphatic rings. The van der Waals surface area contributed by atoms with Crippen LogP contribution in [0.5, 0.6) is 0 Å². The van der Waals surface area contributed by atoms with Crippen molar-refractivity contribution in [2.45, 2.75) is 6.18 Å². The molecule has 3 aromatic rings. The molecule has 1 aliphatic heterocycles. The van der Waals surface area contributed by atoms with E-state index in [9.17, 15) is 22.8 Å². The Labute approximate surface area is 196 Å². The van der Waals surface area contributed by atoms with E-state index in [4.69, 9.17) is 23.2 Å². The van der Waals surface area contributed by atoms with Crippen LogP contribution in [-0.4, -0.2) is 51.8 Å². The zero-order valence-corrected chi connectivity index (χ0v) is 18.4. The number of pyridine rings is 1. The lowest BCUT2D eigenvalue weighted by Gasteiger charge is -2.36. The monoisotopic (exact) mass is 497 g/mol.